The van der Waals surface area contributed by atoms with Crippen LogP contribution in [0.15, 0.2) is 12.2 Å². The van der Waals surface area contributed by atoms with Gasteiger partial charge in [-0.3, -0.25) is 0 Å². The summed E-state index contributed by atoms with van der Waals surface area (Å²) >= 11 is 0. The largest absolute Gasteiger partial charge is 0.394 e. The fourth-order valence-corrected chi connectivity index (χ4v) is 6.32. The van der Waals surface area contributed by atoms with E-state index in [9.17, 15) is 10.2 Å². The number of fused-ring (bicyclic) bond motifs is 3. The maximum Gasteiger partial charge on any atom is 0.0824 e. The van der Waals surface area contributed by atoms with Crippen molar-refractivity contribution in [3.8, 4) is 0 Å². The first-order valence-electron chi connectivity index (χ1n) is 9.23. The van der Waals surface area contributed by atoms with Gasteiger partial charge in [-0.05, 0) is 79.4 Å². The molecule has 22 heavy (non-hydrogen) atoms. The Morgan fingerprint density at radius 1 is 1.18 bits per heavy atom. The Hall–Kier alpha value is -0.340. The van der Waals surface area contributed by atoms with Crippen molar-refractivity contribution in [2.75, 3.05) is 6.61 Å². The zero-order chi connectivity index (χ0) is 16.2. The molecule has 3 aliphatic rings. The van der Waals surface area contributed by atoms with E-state index in [2.05, 4.69) is 27.4 Å². The summed E-state index contributed by atoms with van der Waals surface area (Å²) < 4.78 is 0. The van der Waals surface area contributed by atoms with Crippen molar-refractivity contribution in [3.05, 3.63) is 12.2 Å². The quantitative estimate of drug-likeness (QED) is 0.746. The SMILES string of the molecule is C=C1CCC[C@@H]2[C@@]3(C)CC[C@](C)([C@H](O)CO)C[C@@H]3CC[C@]12C. The van der Waals surface area contributed by atoms with Gasteiger partial charge in [0, 0.05) is 0 Å². The van der Waals surface area contributed by atoms with Crippen LogP contribution in [0.2, 0.25) is 0 Å². The predicted molar refractivity (Wildman–Crippen MR) is 90.5 cm³/mol. The van der Waals surface area contributed by atoms with Crippen LogP contribution in [0, 0.1) is 28.1 Å². The number of hydrogen-bond donors (Lipinski definition) is 2. The van der Waals surface area contributed by atoms with Gasteiger partial charge in [0.2, 0.25) is 0 Å². The Kier molecular flexibility index (Phi) is 4.01. The molecule has 6 atom stereocenters. The molecule has 0 aliphatic heterocycles. The summed E-state index contributed by atoms with van der Waals surface area (Å²) in [5, 5.41) is 19.7. The highest BCUT2D eigenvalue weighted by atomic mass is 16.3. The summed E-state index contributed by atoms with van der Waals surface area (Å²) in [4.78, 5) is 0. The average molecular weight is 306 g/mol. The molecule has 0 aromatic carbocycles. The maximum atomic E-state index is 10.3. The van der Waals surface area contributed by atoms with Crippen LogP contribution < -0.4 is 0 Å². The number of aliphatic hydroxyl groups is 2. The van der Waals surface area contributed by atoms with Crippen molar-refractivity contribution in [1.29, 1.82) is 0 Å². The Morgan fingerprint density at radius 3 is 2.59 bits per heavy atom. The molecule has 0 spiro atoms. The van der Waals surface area contributed by atoms with E-state index >= 15 is 0 Å². The first-order valence-corrected chi connectivity index (χ1v) is 9.23. The molecule has 2 heteroatoms. The highest BCUT2D eigenvalue weighted by molar-refractivity contribution is 5.20. The third-order valence-electron chi connectivity index (χ3n) is 8.21. The second-order valence-corrected chi connectivity index (χ2v) is 9.26. The summed E-state index contributed by atoms with van der Waals surface area (Å²) in [6.45, 7) is 11.5. The van der Waals surface area contributed by atoms with Gasteiger partial charge in [0.25, 0.3) is 0 Å². The summed E-state index contributed by atoms with van der Waals surface area (Å²) in [6, 6.07) is 0. The lowest BCUT2D eigenvalue weighted by Gasteiger charge is -2.63. The van der Waals surface area contributed by atoms with E-state index in [4.69, 9.17) is 0 Å². The lowest BCUT2D eigenvalue weighted by molar-refractivity contribution is -0.134. The van der Waals surface area contributed by atoms with Crippen molar-refractivity contribution >= 4 is 0 Å². The van der Waals surface area contributed by atoms with Crippen LogP contribution >= 0.6 is 0 Å². The Labute approximate surface area is 136 Å². The van der Waals surface area contributed by atoms with Crippen molar-refractivity contribution in [2.45, 2.75) is 78.2 Å². The van der Waals surface area contributed by atoms with E-state index in [1.165, 1.54) is 44.1 Å². The third-order valence-corrected chi connectivity index (χ3v) is 8.21. The summed E-state index contributed by atoms with van der Waals surface area (Å²) in [5.74, 6) is 1.45. The smallest absolute Gasteiger partial charge is 0.0824 e. The molecule has 0 saturated heterocycles. The molecule has 2 nitrogen and oxygen atoms in total. The van der Waals surface area contributed by atoms with E-state index in [1.54, 1.807) is 0 Å². The van der Waals surface area contributed by atoms with Gasteiger partial charge in [0.1, 0.15) is 0 Å². The molecule has 0 aromatic rings. The van der Waals surface area contributed by atoms with Gasteiger partial charge in [-0.15, -0.1) is 0 Å². The molecule has 0 radical (unpaired) electrons. The van der Waals surface area contributed by atoms with Crippen molar-refractivity contribution in [1.82, 2.24) is 0 Å². The zero-order valence-corrected chi connectivity index (χ0v) is 14.7. The molecule has 0 heterocycles. The molecule has 3 fully saturated rings. The highest BCUT2D eigenvalue weighted by Crippen LogP contribution is 2.67. The van der Waals surface area contributed by atoms with Gasteiger partial charge in [-0.1, -0.05) is 32.9 Å². The lowest BCUT2D eigenvalue weighted by atomic mass is 9.42. The fourth-order valence-electron chi connectivity index (χ4n) is 6.32. The number of rotatable bonds is 2. The second kappa shape index (κ2) is 5.34. The highest BCUT2D eigenvalue weighted by Gasteiger charge is 2.58. The number of hydrogen-bond acceptors (Lipinski definition) is 2. The molecule has 3 aliphatic carbocycles. The standard InChI is InChI=1S/C20H34O2/c1-14-6-5-7-16-19(14,3)9-8-15-12-18(2,17(22)13-21)10-11-20(15,16)4/h15-17,21-22H,1,5-13H2,2-4H3/t15-,16-,17+,18-,19+,20-/m0/s1. The van der Waals surface area contributed by atoms with Gasteiger partial charge in [-0.2, -0.15) is 0 Å². The molecule has 3 saturated carbocycles. The van der Waals surface area contributed by atoms with E-state index in [0.29, 0.717) is 16.7 Å². The van der Waals surface area contributed by atoms with Gasteiger partial charge in [0.05, 0.1) is 12.7 Å². The monoisotopic (exact) mass is 306 g/mol. The Bertz CT molecular complexity index is 459. The minimum Gasteiger partial charge on any atom is -0.394 e. The molecular weight excluding hydrogens is 272 g/mol. The minimum absolute atomic E-state index is 0.0989. The second-order valence-electron chi connectivity index (χ2n) is 9.26. The van der Waals surface area contributed by atoms with Crippen LogP contribution in [0.3, 0.4) is 0 Å². The van der Waals surface area contributed by atoms with Crippen LogP contribution in [-0.2, 0) is 0 Å². The van der Waals surface area contributed by atoms with Crippen LogP contribution in [-0.4, -0.2) is 22.9 Å². The first-order chi connectivity index (χ1) is 10.3. The van der Waals surface area contributed by atoms with E-state index in [1.807, 2.05) is 0 Å². The molecule has 2 N–H and O–H groups in total. The zero-order valence-electron chi connectivity index (χ0n) is 14.7. The van der Waals surface area contributed by atoms with Crippen LogP contribution in [0.25, 0.3) is 0 Å². The van der Waals surface area contributed by atoms with E-state index in [0.717, 1.165) is 18.8 Å². The molecule has 0 bridgehead atoms. The molecule has 0 amide bonds. The van der Waals surface area contributed by atoms with Crippen LogP contribution in [0.4, 0.5) is 0 Å². The normalized spacial score (nSPS) is 50.1. The number of aliphatic hydroxyl groups excluding tert-OH is 2. The Balaban J connectivity index is 1.87. The first kappa shape index (κ1) is 16.5. The topological polar surface area (TPSA) is 40.5 Å². The van der Waals surface area contributed by atoms with Crippen molar-refractivity contribution < 1.29 is 10.2 Å². The van der Waals surface area contributed by atoms with Crippen molar-refractivity contribution in [2.24, 2.45) is 28.1 Å². The summed E-state index contributed by atoms with van der Waals surface area (Å²) in [6.07, 6.45) is 9.14. The maximum absolute atomic E-state index is 10.3. The van der Waals surface area contributed by atoms with Crippen LogP contribution in [0.5, 0.6) is 0 Å². The van der Waals surface area contributed by atoms with Gasteiger partial charge >= 0.3 is 0 Å². The van der Waals surface area contributed by atoms with Crippen LogP contribution in [0.1, 0.15) is 72.1 Å². The van der Waals surface area contributed by atoms with Gasteiger partial charge < -0.3 is 10.2 Å². The van der Waals surface area contributed by atoms with Gasteiger partial charge in [-0.25, -0.2) is 0 Å². The fraction of sp³-hybridized carbons (Fsp3) is 0.900. The Morgan fingerprint density at radius 2 is 1.91 bits per heavy atom. The van der Waals surface area contributed by atoms with E-state index in [-0.39, 0.29) is 12.0 Å². The van der Waals surface area contributed by atoms with Gasteiger partial charge in [0.15, 0.2) is 0 Å². The molecule has 0 aromatic heterocycles. The van der Waals surface area contributed by atoms with Crippen molar-refractivity contribution in [3.63, 3.8) is 0 Å². The lowest BCUT2D eigenvalue weighted by Crippen LogP contribution is -2.55. The van der Waals surface area contributed by atoms with E-state index < -0.39 is 6.10 Å². The molecule has 3 rings (SSSR count). The molecule has 0 unspecified atom stereocenters. The summed E-state index contributed by atoms with van der Waals surface area (Å²) in [7, 11) is 0. The molecular formula is C20H34O2. The summed E-state index contributed by atoms with van der Waals surface area (Å²) in [5.41, 5.74) is 2.13. The average Bonchev–Trinajstić information content (AvgIpc) is 2.49. The third kappa shape index (κ3) is 2.21. The molecule has 126 valence electrons. The number of allylic oxidation sites excluding steroid dienone is 1. The predicted octanol–water partition coefficient (Wildman–Crippen LogP) is 4.31. The minimum atomic E-state index is -0.563.